The summed E-state index contributed by atoms with van der Waals surface area (Å²) in [5.74, 6) is 3.19. The summed E-state index contributed by atoms with van der Waals surface area (Å²) < 4.78 is 0. The molecule has 1 nitrogen and oxygen atoms in total. The van der Waals surface area contributed by atoms with Crippen LogP contribution in [-0.4, -0.2) is 18.5 Å². The Morgan fingerprint density at radius 2 is 2.15 bits per heavy atom. The number of hydrogen-bond acceptors (Lipinski definition) is 1. The van der Waals surface area contributed by atoms with Crippen LogP contribution in [-0.2, 0) is 6.42 Å². The van der Waals surface area contributed by atoms with Gasteiger partial charge in [0, 0.05) is 25.2 Å². The number of fused-ring (bicyclic) bond motifs is 1. The molecule has 1 aromatic rings. The highest BCUT2D eigenvalue weighted by Crippen LogP contribution is 2.11. The summed E-state index contributed by atoms with van der Waals surface area (Å²) in [7, 11) is 2.04. The van der Waals surface area contributed by atoms with Gasteiger partial charge < -0.3 is 4.90 Å². The Balaban J connectivity index is 2.40. The molecule has 1 heterocycles. The molecule has 0 aromatic heterocycles. The highest BCUT2D eigenvalue weighted by Gasteiger charge is 2.02. The Labute approximate surface area is 79.4 Å². The molecule has 2 rings (SSSR count). The number of benzene rings is 1. The molecule has 0 unspecified atom stereocenters. The molecule has 1 aliphatic rings. The summed E-state index contributed by atoms with van der Waals surface area (Å²) in [6.07, 6.45) is 2.34. The lowest BCUT2D eigenvalue weighted by atomic mass is 10.0. The fraction of sp³-hybridized carbons (Fsp3) is 0.333. The highest BCUT2D eigenvalue weighted by atomic mass is 15.1. The van der Waals surface area contributed by atoms with Gasteiger partial charge in [-0.25, -0.2) is 0 Å². The van der Waals surface area contributed by atoms with Crippen LogP contribution in [0.1, 0.15) is 17.5 Å². The van der Waals surface area contributed by atoms with Crippen LogP contribution in [0.3, 0.4) is 0 Å². The van der Waals surface area contributed by atoms with Gasteiger partial charge in [-0.1, -0.05) is 18.2 Å². The molecule has 0 radical (unpaired) electrons. The standard InChI is InChI=1S/C12H13N/c1-13-9-4-7-11-5-2-3-6-12(11)8-10-13/h2-3,5-6H,4,7,9H2,1H3. The summed E-state index contributed by atoms with van der Waals surface area (Å²) in [6, 6.07) is 11.5. The van der Waals surface area contributed by atoms with E-state index in [1.54, 1.807) is 0 Å². The van der Waals surface area contributed by atoms with E-state index in [1.165, 1.54) is 17.5 Å². The Hall–Kier alpha value is -1.42. The van der Waals surface area contributed by atoms with Crippen LogP contribution in [0.5, 0.6) is 0 Å². The Bertz CT molecular complexity index is 357. The van der Waals surface area contributed by atoms with Crippen LogP contribution in [0, 0.1) is 12.0 Å². The van der Waals surface area contributed by atoms with E-state index in [9.17, 15) is 0 Å². The van der Waals surface area contributed by atoms with E-state index in [0.717, 1.165) is 13.0 Å². The summed E-state index contributed by atoms with van der Waals surface area (Å²) in [4.78, 5) is 2.07. The highest BCUT2D eigenvalue weighted by molar-refractivity contribution is 5.41. The predicted molar refractivity (Wildman–Crippen MR) is 54.3 cm³/mol. The molecule has 0 N–H and O–H groups in total. The van der Waals surface area contributed by atoms with Crippen molar-refractivity contribution in [3.8, 4) is 12.0 Å². The van der Waals surface area contributed by atoms with E-state index in [1.807, 2.05) is 7.05 Å². The molecule has 0 bridgehead atoms. The molecule has 0 amide bonds. The first-order valence-electron chi connectivity index (χ1n) is 4.67. The van der Waals surface area contributed by atoms with Gasteiger partial charge in [0.25, 0.3) is 0 Å². The zero-order valence-electron chi connectivity index (χ0n) is 7.88. The molecule has 0 atom stereocenters. The molecular formula is C12H13N. The lowest BCUT2D eigenvalue weighted by Gasteiger charge is -2.13. The van der Waals surface area contributed by atoms with Crippen LogP contribution < -0.4 is 0 Å². The fourth-order valence-electron chi connectivity index (χ4n) is 1.58. The smallest absolute Gasteiger partial charge is 0.0295 e. The van der Waals surface area contributed by atoms with Gasteiger partial charge in [0.15, 0.2) is 0 Å². The molecule has 1 aliphatic heterocycles. The van der Waals surface area contributed by atoms with Crippen LogP contribution in [0.15, 0.2) is 24.3 Å². The van der Waals surface area contributed by atoms with Crippen molar-refractivity contribution >= 4 is 0 Å². The Morgan fingerprint density at radius 1 is 1.31 bits per heavy atom. The van der Waals surface area contributed by atoms with E-state index in [-0.39, 0.29) is 0 Å². The van der Waals surface area contributed by atoms with Crippen LogP contribution in [0.4, 0.5) is 0 Å². The zero-order valence-corrected chi connectivity index (χ0v) is 7.88. The van der Waals surface area contributed by atoms with E-state index < -0.39 is 0 Å². The van der Waals surface area contributed by atoms with Crippen molar-refractivity contribution in [1.82, 2.24) is 4.90 Å². The van der Waals surface area contributed by atoms with Crippen LogP contribution in [0.2, 0.25) is 0 Å². The third-order valence-electron chi connectivity index (χ3n) is 2.34. The molecule has 0 fully saturated rings. The second-order valence-corrected chi connectivity index (χ2v) is 3.42. The molecule has 0 saturated carbocycles. The minimum absolute atomic E-state index is 1.07. The molecule has 66 valence electrons. The maximum Gasteiger partial charge on any atom is 0.0295 e. The normalized spacial score (nSPS) is 15.0. The molecule has 0 aliphatic carbocycles. The number of rotatable bonds is 0. The van der Waals surface area contributed by atoms with E-state index in [0.29, 0.717) is 0 Å². The van der Waals surface area contributed by atoms with Crippen molar-refractivity contribution in [1.29, 1.82) is 0 Å². The van der Waals surface area contributed by atoms with Crippen LogP contribution in [0.25, 0.3) is 0 Å². The molecule has 0 spiro atoms. The topological polar surface area (TPSA) is 3.24 Å². The molecular weight excluding hydrogens is 158 g/mol. The summed E-state index contributed by atoms with van der Waals surface area (Å²) in [6.45, 7) is 1.07. The van der Waals surface area contributed by atoms with Crippen molar-refractivity contribution in [3.63, 3.8) is 0 Å². The van der Waals surface area contributed by atoms with Crippen molar-refractivity contribution < 1.29 is 0 Å². The van der Waals surface area contributed by atoms with Crippen molar-refractivity contribution in [3.05, 3.63) is 35.4 Å². The SMILES string of the molecule is CN1C#Cc2ccccc2CCC1. The van der Waals surface area contributed by atoms with Gasteiger partial charge >= 0.3 is 0 Å². The van der Waals surface area contributed by atoms with Gasteiger partial charge in [0.2, 0.25) is 0 Å². The first-order valence-corrected chi connectivity index (χ1v) is 4.67. The lowest BCUT2D eigenvalue weighted by molar-refractivity contribution is 0.466. The number of nitrogens with zero attached hydrogens (tertiary/aromatic N) is 1. The maximum atomic E-state index is 3.19. The van der Waals surface area contributed by atoms with Crippen molar-refractivity contribution in [2.75, 3.05) is 13.6 Å². The van der Waals surface area contributed by atoms with Gasteiger partial charge in [-0.05, 0) is 30.4 Å². The average Bonchev–Trinajstić information content (AvgIpc) is 2.13. The van der Waals surface area contributed by atoms with E-state index >= 15 is 0 Å². The summed E-state index contributed by atoms with van der Waals surface area (Å²) >= 11 is 0. The maximum absolute atomic E-state index is 3.19. The van der Waals surface area contributed by atoms with Gasteiger partial charge in [-0.15, -0.1) is 0 Å². The van der Waals surface area contributed by atoms with Gasteiger partial charge in [-0.2, -0.15) is 0 Å². The second kappa shape index (κ2) is 3.53. The zero-order chi connectivity index (χ0) is 9.10. The molecule has 13 heavy (non-hydrogen) atoms. The lowest BCUT2D eigenvalue weighted by Crippen LogP contribution is -2.15. The Morgan fingerprint density at radius 3 is 3.08 bits per heavy atom. The van der Waals surface area contributed by atoms with Gasteiger partial charge in [0.05, 0.1) is 0 Å². The average molecular weight is 171 g/mol. The fourth-order valence-corrected chi connectivity index (χ4v) is 1.58. The minimum Gasteiger partial charge on any atom is -0.335 e. The van der Waals surface area contributed by atoms with Crippen LogP contribution >= 0.6 is 0 Å². The first-order chi connectivity index (χ1) is 6.36. The summed E-state index contributed by atoms with van der Waals surface area (Å²) in [5.41, 5.74) is 2.58. The largest absolute Gasteiger partial charge is 0.335 e. The third kappa shape index (κ3) is 1.84. The van der Waals surface area contributed by atoms with E-state index in [4.69, 9.17) is 0 Å². The second-order valence-electron chi connectivity index (χ2n) is 3.42. The van der Waals surface area contributed by atoms with Crippen molar-refractivity contribution in [2.24, 2.45) is 0 Å². The first kappa shape index (κ1) is 8.19. The number of hydrogen-bond donors (Lipinski definition) is 0. The quantitative estimate of drug-likeness (QED) is 0.539. The minimum atomic E-state index is 1.07. The van der Waals surface area contributed by atoms with Gasteiger partial charge in [-0.3, -0.25) is 0 Å². The number of aryl methyl sites for hydroxylation is 1. The monoisotopic (exact) mass is 171 g/mol. The molecule has 0 saturated heterocycles. The predicted octanol–water partition coefficient (Wildman–Crippen LogP) is 1.87. The van der Waals surface area contributed by atoms with E-state index in [2.05, 4.69) is 41.1 Å². The third-order valence-corrected chi connectivity index (χ3v) is 2.34. The summed E-state index contributed by atoms with van der Waals surface area (Å²) in [5, 5.41) is 0. The molecule has 1 heteroatoms. The van der Waals surface area contributed by atoms with Gasteiger partial charge in [0.1, 0.15) is 0 Å². The Kier molecular flexibility index (Phi) is 2.23. The van der Waals surface area contributed by atoms with Crippen molar-refractivity contribution in [2.45, 2.75) is 12.8 Å². The molecule has 1 aromatic carbocycles.